The minimum absolute atomic E-state index is 0.620. The van der Waals surface area contributed by atoms with Crippen LogP contribution >= 0.6 is 0 Å². The van der Waals surface area contributed by atoms with Crippen LogP contribution in [0.2, 0.25) is 0 Å². The summed E-state index contributed by atoms with van der Waals surface area (Å²) in [5.41, 5.74) is 6.32. The molecule has 2 N–H and O–H groups in total. The van der Waals surface area contributed by atoms with Crippen molar-refractivity contribution in [1.82, 2.24) is 9.78 Å². The first-order valence-corrected chi connectivity index (χ1v) is 4.59. The van der Waals surface area contributed by atoms with Gasteiger partial charge >= 0.3 is 0 Å². The predicted octanol–water partition coefficient (Wildman–Crippen LogP) is 0.993. The summed E-state index contributed by atoms with van der Waals surface area (Å²) < 4.78 is 1.92. The van der Waals surface area contributed by atoms with Gasteiger partial charge in [0, 0.05) is 19.5 Å². The Morgan fingerprint density at radius 1 is 1.62 bits per heavy atom. The smallest absolute Gasteiger partial charge is 0.111 e. The van der Waals surface area contributed by atoms with Crippen LogP contribution in [0.1, 0.15) is 25.5 Å². The molecule has 0 atom stereocenters. The van der Waals surface area contributed by atoms with E-state index in [-0.39, 0.29) is 0 Å². The molecule has 0 aliphatic rings. The van der Waals surface area contributed by atoms with E-state index in [1.165, 1.54) is 0 Å². The molecular formula is C10H15N3. The van der Waals surface area contributed by atoms with Crippen molar-refractivity contribution in [3.63, 3.8) is 0 Å². The van der Waals surface area contributed by atoms with Crippen molar-refractivity contribution in [3.8, 4) is 11.8 Å². The van der Waals surface area contributed by atoms with E-state index in [0.717, 1.165) is 25.1 Å². The third-order valence-corrected chi connectivity index (χ3v) is 1.64. The Morgan fingerprint density at radius 2 is 2.46 bits per heavy atom. The average Bonchev–Trinajstić information content (AvgIpc) is 2.54. The molecule has 0 radical (unpaired) electrons. The van der Waals surface area contributed by atoms with Gasteiger partial charge in [-0.25, -0.2) is 0 Å². The van der Waals surface area contributed by atoms with Crippen LogP contribution in [0.25, 0.3) is 0 Å². The lowest BCUT2D eigenvalue weighted by Gasteiger charge is -1.98. The molecule has 3 nitrogen and oxygen atoms in total. The van der Waals surface area contributed by atoms with Crippen LogP contribution in [-0.4, -0.2) is 16.3 Å². The molecule has 0 amide bonds. The first kappa shape index (κ1) is 9.82. The van der Waals surface area contributed by atoms with Crippen LogP contribution in [0.15, 0.2) is 12.3 Å². The molecule has 70 valence electrons. The SMILES string of the molecule is CCCn1nccc1C#CCCN. The largest absolute Gasteiger partial charge is 0.330 e. The summed E-state index contributed by atoms with van der Waals surface area (Å²) in [6.07, 6.45) is 3.60. The monoisotopic (exact) mass is 177 g/mol. The lowest BCUT2D eigenvalue weighted by atomic mass is 10.3. The Bertz CT molecular complexity index is 303. The highest BCUT2D eigenvalue weighted by molar-refractivity contribution is 5.26. The molecule has 1 rings (SSSR count). The Kier molecular flexibility index (Phi) is 4.07. The maximum atomic E-state index is 5.34. The van der Waals surface area contributed by atoms with Gasteiger partial charge in [-0.1, -0.05) is 12.8 Å². The van der Waals surface area contributed by atoms with Crippen LogP contribution in [0.5, 0.6) is 0 Å². The topological polar surface area (TPSA) is 43.8 Å². The summed E-state index contributed by atoms with van der Waals surface area (Å²) in [5.74, 6) is 6.05. The summed E-state index contributed by atoms with van der Waals surface area (Å²) in [4.78, 5) is 0. The quantitative estimate of drug-likeness (QED) is 0.700. The van der Waals surface area contributed by atoms with Crippen LogP contribution in [-0.2, 0) is 6.54 Å². The minimum Gasteiger partial charge on any atom is -0.330 e. The van der Waals surface area contributed by atoms with Gasteiger partial charge in [0.25, 0.3) is 0 Å². The van der Waals surface area contributed by atoms with Gasteiger partial charge in [-0.15, -0.1) is 0 Å². The van der Waals surface area contributed by atoms with E-state index in [2.05, 4.69) is 23.9 Å². The Balaban J connectivity index is 2.66. The van der Waals surface area contributed by atoms with Crippen LogP contribution < -0.4 is 5.73 Å². The van der Waals surface area contributed by atoms with Gasteiger partial charge in [-0.2, -0.15) is 5.10 Å². The number of hydrogen-bond acceptors (Lipinski definition) is 2. The summed E-state index contributed by atoms with van der Waals surface area (Å²) >= 11 is 0. The van der Waals surface area contributed by atoms with Gasteiger partial charge in [-0.3, -0.25) is 4.68 Å². The molecule has 1 aromatic heterocycles. The zero-order valence-electron chi connectivity index (χ0n) is 7.95. The van der Waals surface area contributed by atoms with Crippen molar-refractivity contribution in [3.05, 3.63) is 18.0 Å². The Hall–Kier alpha value is -1.27. The fourth-order valence-electron chi connectivity index (χ4n) is 1.05. The minimum atomic E-state index is 0.620. The number of nitrogens with zero attached hydrogens (tertiary/aromatic N) is 2. The van der Waals surface area contributed by atoms with Crippen molar-refractivity contribution in [2.75, 3.05) is 6.54 Å². The van der Waals surface area contributed by atoms with Crippen LogP contribution in [0.4, 0.5) is 0 Å². The first-order valence-electron chi connectivity index (χ1n) is 4.59. The van der Waals surface area contributed by atoms with Gasteiger partial charge in [0.15, 0.2) is 0 Å². The zero-order valence-corrected chi connectivity index (χ0v) is 7.95. The molecule has 1 aromatic rings. The number of rotatable bonds is 3. The van der Waals surface area contributed by atoms with E-state index in [9.17, 15) is 0 Å². The van der Waals surface area contributed by atoms with Crippen LogP contribution in [0.3, 0.4) is 0 Å². The lowest BCUT2D eigenvalue weighted by Crippen LogP contribution is -2.01. The van der Waals surface area contributed by atoms with Crippen LogP contribution in [0, 0.1) is 11.8 Å². The molecule has 3 heteroatoms. The Morgan fingerprint density at radius 3 is 3.15 bits per heavy atom. The Labute approximate surface area is 78.9 Å². The molecule has 0 aliphatic heterocycles. The molecule has 0 unspecified atom stereocenters. The highest BCUT2D eigenvalue weighted by Gasteiger charge is 1.95. The van der Waals surface area contributed by atoms with E-state index in [1.807, 2.05) is 10.7 Å². The molecule has 0 bridgehead atoms. The second-order valence-corrected chi connectivity index (χ2v) is 2.78. The lowest BCUT2D eigenvalue weighted by molar-refractivity contribution is 0.597. The highest BCUT2D eigenvalue weighted by Crippen LogP contribution is 1.97. The van der Waals surface area contributed by atoms with E-state index in [1.54, 1.807) is 6.20 Å². The molecule has 0 aliphatic carbocycles. The zero-order chi connectivity index (χ0) is 9.52. The van der Waals surface area contributed by atoms with Crippen molar-refractivity contribution in [2.45, 2.75) is 26.3 Å². The van der Waals surface area contributed by atoms with Crippen molar-refractivity contribution >= 4 is 0 Å². The molecule has 0 saturated heterocycles. The van der Waals surface area contributed by atoms with Gasteiger partial charge in [-0.05, 0) is 18.4 Å². The maximum absolute atomic E-state index is 5.34. The van der Waals surface area contributed by atoms with Gasteiger partial charge < -0.3 is 5.73 Å². The molecule has 0 fully saturated rings. The molecular weight excluding hydrogens is 162 g/mol. The number of aryl methyl sites for hydroxylation is 1. The third-order valence-electron chi connectivity index (χ3n) is 1.64. The highest BCUT2D eigenvalue weighted by atomic mass is 15.3. The summed E-state index contributed by atoms with van der Waals surface area (Å²) in [6, 6.07) is 1.93. The van der Waals surface area contributed by atoms with Crippen molar-refractivity contribution < 1.29 is 0 Å². The molecule has 0 spiro atoms. The molecule has 0 aromatic carbocycles. The van der Waals surface area contributed by atoms with E-state index >= 15 is 0 Å². The summed E-state index contributed by atoms with van der Waals surface area (Å²) in [6.45, 7) is 3.67. The standard InChI is InChI=1S/C10H15N3/c1-2-9-13-10(6-8-12-13)5-3-4-7-11/h6,8H,2,4,7,9,11H2,1H3. The van der Waals surface area contributed by atoms with E-state index < -0.39 is 0 Å². The number of hydrogen-bond donors (Lipinski definition) is 1. The average molecular weight is 177 g/mol. The fourth-order valence-corrected chi connectivity index (χ4v) is 1.05. The van der Waals surface area contributed by atoms with Gasteiger partial charge in [0.1, 0.15) is 5.69 Å². The fraction of sp³-hybridized carbons (Fsp3) is 0.500. The third kappa shape index (κ3) is 2.92. The molecule has 1 heterocycles. The summed E-state index contributed by atoms with van der Waals surface area (Å²) in [7, 11) is 0. The molecule has 13 heavy (non-hydrogen) atoms. The number of nitrogens with two attached hydrogens (primary N) is 1. The van der Waals surface area contributed by atoms with Gasteiger partial charge in [0.05, 0.1) is 6.20 Å². The van der Waals surface area contributed by atoms with E-state index in [0.29, 0.717) is 6.54 Å². The second-order valence-electron chi connectivity index (χ2n) is 2.78. The first-order chi connectivity index (χ1) is 6.38. The molecule has 0 saturated carbocycles. The maximum Gasteiger partial charge on any atom is 0.111 e. The predicted molar refractivity (Wildman–Crippen MR) is 53.1 cm³/mol. The normalized spacial score (nSPS) is 9.38. The van der Waals surface area contributed by atoms with Gasteiger partial charge in [0.2, 0.25) is 0 Å². The summed E-state index contributed by atoms with van der Waals surface area (Å²) in [5, 5.41) is 4.17. The van der Waals surface area contributed by atoms with Crippen molar-refractivity contribution in [2.24, 2.45) is 5.73 Å². The second kappa shape index (κ2) is 5.39. The van der Waals surface area contributed by atoms with Crippen molar-refractivity contribution in [1.29, 1.82) is 0 Å². The van der Waals surface area contributed by atoms with E-state index in [4.69, 9.17) is 5.73 Å². The number of aromatic nitrogens is 2.